The van der Waals surface area contributed by atoms with E-state index < -0.39 is 11.5 Å². The van der Waals surface area contributed by atoms with Gasteiger partial charge in [0.15, 0.2) is 0 Å². The molecule has 0 aromatic carbocycles. The van der Waals surface area contributed by atoms with Crippen molar-refractivity contribution in [2.24, 2.45) is 0 Å². The molecule has 1 aromatic heterocycles. The first kappa shape index (κ1) is 11.7. The molecule has 5 nitrogen and oxygen atoms in total. The zero-order chi connectivity index (χ0) is 12.6. The number of carboxylic acids is 1. The largest absolute Gasteiger partial charge is 0.479 e. The van der Waals surface area contributed by atoms with Crippen molar-refractivity contribution < 1.29 is 14.6 Å². The fraction of sp³-hybridized carbons (Fsp3) is 0.692. The molecule has 0 amide bonds. The Labute approximate surface area is 106 Å². The van der Waals surface area contributed by atoms with E-state index >= 15 is 0 Å². The van der Waals surface area contributed by atoms with Crippen molar-refractivity contribution in [2.45, 2.75) is 49.7 Å². The zero-order valence-corrected chi connectivity index (χ0v) is 10.3. The van der Waals surface area contributed by atoms with Crippen molar-refractivity contribution in [3.8, 4) is 0 Å². The smallest absolute Gasteiger partial charge is 0.329 e. The predicted octanol–water partition coefficient (Wildman–Crippen LogP) is 1.79. The summed E-state index contributed by atoms with van der Waals surface area (Å²) >= 11 is 0. The Kier molecular flexibility index (Phi) is 2.66. The SMILES string of the molecule is O=C(O)C1(n2ccnc2)CCC2(CCCO2)CC1. The third-order valence-corrected chi connectivity index (χ3v) is 4.57. The lowest BCUT2D eigenvalue weighted by atomic mass is 9.72. The number of ether oxygens (including phenoxy) is 1. The molecule has 1 spiro atoms. The van der Waals surface area contributed by atoms with Crippen LogP contribution in [0.25, 0.3) is 0 Å². The summed E-state index contributed by atoms with van der Waals surface area (Å²) in [5, 5.41) is 9.60. The van der Waals surface area contributed by atoms with E-state index in [9.17, 15) is 9.90 Å². The number of carbonyl (C=O) groups is 1. The number of imidazole rings is 1. The quantitative estimate of drug-likeness (QED) is 0.869. The molecule has 98 valence electrons. The van der Waals surface area contributed by atoms with E-state index in [1.54, 1.807) is 23.3 Å². The summed E-state index contributed by atoms with van der Waals surface area (Å²) in [5.41, 5.74) is -0.868. The number of aliphatic carboxylic acids is 1. The molecule has 5 heteroatoms. The van der Waals surface area contributed by atoms with Crippen LogP contribution in [0, 0.1) is 0 Å². The van der Waals surface area contributed by atoms with Gasteiger partial charge in [-0.15, -0.1) is 0 Å². The molecule has 1 saturated heterocycles. The molecule has 1 aromatic rings. The van der Waals surface area contributed by atoms with Gasteiger partial charge in [-0.1, -0.05) is 0 Å². The standard InChI is InChI=1S/C13H18N2O3/c16-11(17)13(15-8-7-14-10-15)5-3-12(4-6-13)2-1-9-18-12/h7-8,10H,1-6,9H2,(H,16,17). The highest BCUT2D eigenvalue weighted by atomic mass is 16.5. The number of rotatable bonds is 2. The highest BCUT2D eigenvalue weighted by Crippen LogP contribution is 2.45. The van der Waals surface area contributed by atoms with Crippen LogP contribution < -0.4 is 0 Å². The van der Waals surface area contributed by atoms with Crippen LogP contribution in [-0.4, -0.2) is 32.8 Å². The Morgan fingerprint density at radius 3 is 2.56 bits per heavy atom. The van der Waals surface area contributed by atoms with Crippen LogP contribution in [0.5, 0.6) is 0 Å². The molecular weight excluding hydrogens is 232 g/mol. The fourth-order valence-corrected chi connectivity index (χ4v) is 3.36. The van der Waals surface area contributed by atoms with Crippen LogP contribution in [0.2, 0.25) is 0 Å². The molecule has 3 rings (SSSR count). The maximum absolute atomic E-state index is 11.7. The summed E-state index contributed by atoms with van der Waals surface area (Å²) in [6, 6.07) is 0. The zero-order valence-electron chi connectivity index (χ0n) is 10.3. The highest BCUT2D eigenvalue weighted by Gasteiger charge is 2.49. The molecule has 18 heavy (non-hydrogen) atoms. The first-order valence-corrected chi connectivity index (χ1v) is 6.53. The minimum absolute atomic E-state index is 0.0421. The average molecular weight is 250 g/mol. The lowest BCUT2D eigenvalue weighted by Crippen LogP contribution is -2.48. The highest BCUT2D eigenvalue weighted by molar-refractivity contribution is 5.77. The van der Waals surface area contributed by atoms with Crippen molar-refractivity contribution >= 4 is 5.97 Å². The molecule has 0 radical (unpaired) electrons. The Morgan fingerprint density at radius 1 is 1.28 bits per heavy atom. The minimum atomic E-state index is -0.826. The second kappa shape index (κ2) is 4.09. The second-order valence-corrected chi connectivity index (χ2v) is 5.44. The summed E-state index contributed by atoms with van der Waals surface area (Å²) in [5.74, 6) is -0.756. The predicted molar refractivity (Wildman–Crippen MR) is 64.2 cm³/mol. The molecule has 2 aliphatic rings. The summed E-state index contributed by atoms with van der Waals surface area (Å²) in [6.07, 6.45) is 10.1. The average Bonchev–Trinajstić information content (AvgIpc) is 3.02. The topological polar surface area (TPSA) is 64.3 Å². The van der Waals surface area contributed by atoms with Gasteiger partial charge in [-0.05, 0) is 38.5 Å². The lowest BCUT2D eigenvalue weighted by molar-refractivity contribution is -0.153. The van der Waals surface area contributed by atoms with Crippen molar-refractivity contribution in [3.05, 3.63) is 18.7 Å². The van der Waals surface area contributed by atoms with Crippen LogP contribution >= 0.6 is 0 Å². The van der Waals surface area contributed by atoms with Gasteiger partial charge in [0.25, 0.3) is 0 Å². The number of hydrogen-bond acceptors (Lipinski definition) is 3. The molecule has 2 fully saturated rings. The van der Waals surface area contributed by atoms with Crippen LogP contribution in [0.15, 0.2) is 18.7 Å². The number of carboxylic acid groups (broad SMARTS) is 1. The third kappa shape index (κ3) is 1.65. The van der Waals surface area contributed by atoms with Crippen LogP contribution in [0.3, 0.4) is 0 Å². The van der Waals surface area contributed by atoms with Gasteiger partial charge in [0.1, 0.15) is 5.54 Å². The van der Waals surface area contributed by atoms with Crippen molar-refractivity contribution in [1.29, 1.82) is 0 Å². The van der Waals surface area contributed by atoms with Crippen LogP contribution in [0.4, 0.5) is 0 Å². The Morgan fingerprint density at radius 2 is 2.06 bits per heavy atom. The molecule has 1 aliphatic carbocycles. The van der Waals surface area contributed by atoms with E-state index in [2.05, 4.69) is 4.98 Å². The van der Waals surface area contributed by atoms with E-state index in [-0.39, 0.29) is 5.60 Å². The minimum Gasteiger partial charge on any atom is -0.479 e. The Bertz CT molecular complexity index is 425. The van der Waals surface area contributed by atoms with Gasteiger partial charge in [0.2, 0.25) is 0 Å². The third-order valence-electron chi connectivity index (χ3n) is 4.57. The van der Waals surface area contributed by atoms with Gasteiger partial charge in [0, 0.05) is 19.0 Å². The molecule has 2 heterocycles. The van der Waals surface area contributed by atoms with E-state index in [0.29, 0.717) is 12.8 Å². The Hall–Kier alpha value is -1.36. The van der Waals surface area contributed by atoms with Crippen molar-refractivity contribution in [2.75, 3.05) is 6.61 Å². The van der Waals surface area contributed by atoms with Crippen molar-refractivity contribution in [3.63, 3.8) is 0 Å². The summed E-state index contributed by atoms with van der Waals surface area (Å²) in [7, 11) is 0. The normalized spacial score (nSPS) is 36.0. The summed E-state index contributed by atoms with van der Waals surface area (Å²) in [6.45, 7) is 0.825. The molecule has 1 aliphatic heterocycles. The van der Waals surface area contributed by atoms with Gasteiger partial charge in [-0.25, -0.2) is 9.78 Å². The molecule has 0 bridgehead atoms. The van der Waals surface area contributed by atoms with Crippen molar-refractivity contribution in [1.82, 2.24) is 9.55 Å². The maximum Gasteiger partial charge on any atom is 0.329 e. The molecule has 0 atom stereocenters. The van der Waals surface area contributed by atoms with Gasteiger partial charge in [-0.3, -0.25) is 0 Å². The van der Waals surface area contributed by atoms with E-state index in [4.69, 9.17) is 4.74 Å². The first-order chi connectivity index (χ1) is 8.67. The summed E-state index contributed by atoms with van der Waals surface area (Å²) < 4.78 is 7.60. The van der Waals surface area contributed by atoms with Gasteiger partial charge in [0.05, 0.1) is 11.9 Å². The van der Waals surface area contributed by atoms with E-state index in [1.165, 1.54) is 0 Å². The summed E-state index contributed by atoms with van der Waals surface area (Å²) in [4.78, 5) is 15.7. The fourth-order valence-electron chi connectivity index (χ4n) is 3.36. The van der Waals surface area contributed by atoms with Crippen LogP contribution in [-0.2, 0) is 15.1 Å². The van der Waals surface area contributed by atoms with Gasteiger partial charge >= 0.3 is 5.97 Å². The number of nitrogens with zero attached hydrogens (tertiary/aromatic N) is 2. The maximum atomic E-state index is 11.7. The first-order valence-electron chi connectivity index (χ1n) is 6.53. The van der Waals surface area contributed by atoms with E-state index in [1.807, 2.05) is 0 Å². The number of hydrogen-bond donors (Lipinski definition) is 1. The van der Waals surface area contributed by atoms with Crippen LogP contribution in [0.1, 0.15) is 38.5 Å². The van der Waals surface area contributed by atoms with Gasteiger partial charge < -0.3 is 14.4 Å². The lowest BCUT2D eigenvalue weighted by Gasteiger charge is -2.42. The molecule has 1 saturated carbocycles. The molecule has 0 unspecified atom stereocenters. The van der Waals surface area contributed by atoms with E-state index in [0.717, 1.165) is 32.3 Å². The molecular formula is C13H18N2O3. The van der Waals surface area contributed by atoms with Gasteiger partial charge in [-0.2, -0.15) is 0 Å². The Balaban J connectivity index is 1.84. The molecule has 1 N–H and O–H groups in total. The monoisotopic (exact) mass is 250 g/mol. The number of aromatic nitrogens is 2. The second-order valence-electron chi connectivity index (χ2n) is 5.44.